The molecule has 1 N–H and O–H groups in total. The van der Waals surface area contributed by atoms with Gasteiger partial charge in [-0.2, -0.15) is 13.2 Å². The van der Waals surface area contributed by atoms with Crippen molar-refractivity contribution in [2.24, 2.45) is 0 Å². The van der Waals surface area contributed by atoms with Crippen LogP contribution in [0.3, 0.4) is 0 Å². The molecule has 0 aliphatic carbocycles. The highest BCUT2D eigenvalue weighted by Gasteiger charge is 2.39. The summed E-state index contributed by atoms with van der Waals surface area (Å²) in [6.07, 6.45) is -7.44. The van der Waals surface area contributed by atoms with Crippen molar-refractivity contribution in [2.45, 2.75) is 12.3 Å². The van der Waals surface area contributed by atoms with Crippen LogP contribution in [0, 0.1) is 5.82 Å². The number of aliphatic hydroxyl groups is 1. The number of halogens is 4. The van der Waals surface area contributed by atoms with E-state index in [0.717, 1.165) is 6.07 Å². The van der Waals surface area contributed by atoms with E-state index < -0.39 is 23.7 Å². The number of alkyl halides is 3. The Hall–Kier alpha value is -1.30. The minimum absolute atomic E-state index is 0.165. The van der Waals surface area contributed by atoms with Gasteiger partial charge in [-0.25, -0.2) is 4.39 Å². The fraction of sp³-hybridized carbons (Fsp3) is 0.400. The molecule has 1 atom stereocenters. The SMILES string of the molecule is CN(C)c1ccc([C@H](O)C(F)(F)F)cc1F. The fourth-order valence-corrected chi connectivity index (χ4v) is 1.24. The Kier molecular flexibility index (Phi) is 3.42. The highest BCUT2D eigenvalue weighted by molar-refractivity contribution is 5.48. The van der Waals surface area contributed by atoms with Crippen molar-refractivity contribution in [3.05, 3.63) is 29.6 Å². The molecule has 0 heterocycles. The molecule has 16 heavy (non-hydrogen) atoms. The van der Waals surface area contributed by atoms with Crippen molar-refractivity contribution in [2.75, 3.05) is 19.0 Å². The van der Waals surface area contributed by atoms with Crippen molar-refractivity contribution >= 4 is 5.69 Å². The molecule has 0 amide bonds. The van der Waals surface area contributed by atoms with Crippen LogP contribution >= 0.6 is 0 Å². The molecule has 1 aromatic rings. The third kappa shape index (κ3) is 2.63. The zero-order valence-corrected chi connectivity index (χ0v) is 8.72. The number of benzene rings is 1. The minimum Gasteiger partial charge on any atom is -0.379 e. The summed E-state index contributed by atoms with van der Waals surface area (Å²) in [5, 5.41) is 8.91. The van der Waals surface area contributed by atoms with Gasteiger partial charge in [-0.15, -0.1) is 0 Å². The second-order valence-electron chi connectivity index (χ2n) is 3.55. The highest BCUT2D eigenvalue weighted by atomic mass is 19.4. The molecule has 0 aliphatic heterocycles. The van der Waals surface area contributed by atoms with Crippen molar-refractivity contribution in [1.29, 1.82) is 0 Å². The Bertz CT molecular complexity index is 376. The standard InChI is InChI=1S/C10H11F4NO/c1-15(2)8-4-3-6(5-7(8)11)9(16)10(12,13)14/h3-5,9,16H,1-2H3/t9-/m0/s1. The Morgan fingerprint density at radius 2 is 1.81 bits per heavy atom. The number of nitrogens with zero attached hydrogens (tertiary/aromatic N) is 1. The van der Waals surface area contributed by atoms with Gasteiger partial charge in [0.2, 0.25) is 0 Å². The Morgan fingerprint density at radius 3 is 2.19 bits per heavy atom. The number of hydrogen-bond donors (Lipinski definition) is 1. The molecule has 6 heteroatoms. The summed E-state index contributed by atoms with van der Waals surface area (Å²) in [5.74, 6) is -0.800. The van der Waals surface area contributed by atoms with Crippen LogP contribution in [0.15, 0.2) is 18.2 Å². The Balaban J connectivity index is 3.07. The molecule has 0 radical (unpaired) electrons. The van der Waals surface area contributed by atoms with Crippen LogP contribution in [-0.4, -0.2) is 25.4 Å². The van der Waals surface area contributed by atoms with Gasteiger partial charge in [0.05, 0.1) is 5.69 Å². The molecule has 0 bridgehead atoms. The summed E-state index contributed by atoms with van der Waals surface area (Å²) < 4.78 is 49.8. The fourth-order valence-electron chi connectivity index (χ4n) is 1.24. The van der Waals surface area contributed by atoms with E-state index in [4.69, 9.17) is 5.11 Å². The molecule has 0 aliphatic rings. The van der Waals surface area contributed by atoms with Crippen LogP contribution in [-0.2, 0) is 0 Å². The first-order valence-corrected chi connectivity index (χ1v) is 4.45. The van der Waals surface area contributed by atoms with Crippen LogP contribution in [0.1, 0.15) is 11.7 Å². The topological polar surface area (TPSA) is 23.5 Å². The highest BCUT2D eigenvalue weighted by Crippen LogP contribution is 2.33. The zero-order valence-electron chi connectivity index (χ0n) is 8.72. The van der Waals surface area contributed by atoms with Gasteiger partial charge in [0, 0.05) is 14.1 Å². The lowest BCUT2D eigenvalue weighted by Gasteiger charge is -2.18. The van der Waals surface area contributed by atoms with Gasteiger partial charge in [0.25, 0.3) is 0 Å². The van der Waals surface area contributed by atoms with Crippen LogP contribution in [0.4, 0.5) is 23.2 Å². The summed E-state index contributed by atoms with van der Waals surface area (Å²) in [6, 6.07) is 2.93. The molecule has 0 saturated heterocycles. The number of aliphatic hydroxyl groups excluding tert-OH is 1. The van der Waals surface area contributed by atoms with Crippen molar-refractivity contribution in [1.82, 2.24) is 0 Å². The third-order valence-corrected chi connectivity index (χ3v) is 2.08. The predicted molar refractivity (Wildman–Crippen MR) is 51.7 cm³/mol. The average Bonchev–Trinajstić information content (AvgIpc) is 2.14. The molecule has 90 valence electrons. The lowest BCUT2D eigenvalue weighted by molar-refractivity contribution is -0.206. The van der Waals surface area contributed by atoms with E-state index in [1.807, 2.05) is 0 Å². The van der Waals surface area contributed by atoms with Gasteiger partial charge in [-0.3, -0.25) is 0 Å². The molecule has 0 spiro atoms. The summed E-state index contributed by atoms with van der Waals surface area (Å²) in [6.45, 7) is 0. The monoisotopic (exact) mass is 237 g/mol. The number of anilines is 1. The van der Waals surface area contributed by atoms with Gasteiger partial charge in [-0.05, 0) is 17.7 Å². The molecular weight excluding hydrogens is 226 g/mol. The van der Waals surface area contributed by atoms with E-state index in [-0.39, 0.29) is 5.69 Å². The molecule has 2 nitrogen and oxygen atoms in total. The molecule has 0 fully saturated rings. The lowest BCUT2D eigenvalue weighted by Crippen LogP contribution is -2.20. The molecule has 0 saturated carbocycles. The number of rotatable bonds is 2. The minimum atomic E-state index is -4.79. The van der Waals surface area contributed by atoms with Crippen LogP contribution in [0.25, 0.3) is 0 Å². The summed E-state index contributed by atoms with van der Waals surface area (Å²) in [7, 11) is 3.14. The summed E-state index contributed by atoms with van der Waals surface area (Å²) in [5.41, 5.74) is -0.339. The molecular formula is C10H11F4NO. The van der Waals surface area contributed by atoms with E-state index in [0.29, 0.717) is 6.07 Å². The maximum atomic E-state index is 13.3. The van der Waals surface area contributed by atoms with Gasteiger partial charge in [0.1, 0.15) is 5.82 Å². The Morgan fingerprint density at radius 1 is 1.25 bits per heavy atom. The molecule has 0 aromatic heterocycles. The summed E-state index contributed by atoms with van der Waals surface area (Å²) >= 11 is 0. The summed E-state index contributed by atoms with van der Waals surface area (Å²) in [4.78, 5) is 1.43. The largest absolute Gasteiger partial charge is 0.418 e. The first kappa shape index (κ1) is 12.8. The van der Waals surface area contributed by atoms with Crippen molar-refractivity contribution in [3.63, 3.8) is 0 Å². The van der Waals surface area contributed by atoms with Gasteiger partial charge in [-0.1, -0.05) is 6.07 Å². The normalized spacial score (nSPS) is 13.7. The molecule has 1 aromatic carbocycles. The second-order valence-corrected chi connectivity index (χ2v) is 3.55. The van der Waals surface area contributed by atoms with E-state index in [9.17, 15) is 17.6 Å². The van der Waals surface area contributed by atoms with Crippen LogP contribution in [0.5, 0.6) is 0 Å². The lowest BCUT2D eigenvalue weighted by atomic mass is 10.1. The quantitative estimate of drug-likeness (QED) is 0.799. The number of hydrogen-bond acceptors (Lipinski definition) is 2. The zero-order chi connectivity index (χ0) is 12.5. The van der Waals surface area contributed by atoms with Crippen LogP contribution in [0.2, 0.25) is 0 Å². The van der Waals surface area contributed by atoms with Gasteiger partial charge >= 0.3 is 6.18 Å². The first-order chi connectivity index (χ1) is 7.23. The van der Waals surface area contributed by atoms with E-state index >= 15 is 0 Å². The average molecular weight is 237 g/mol. The second kappa shape index (κ2) is 4.29. The van der Waals surface area contributed by atoms with E-state index in [2.05, 4.69) is 0 Å². The van der Waals surface area contributed by atoms with Crippen LogP contribution < -0.4 is 4.90 Å². The predicted octanol–water partition coefficient (Wildman–Crippen LogP) is 2.49. The first-order valence-electron chi connectivity index (χ1n) is 4.45. The van der Waals surface area contributed by atoms with E-state index in [1.165, 1.54) is 11.0 Å². The maximum absolute atomic E-state index is 13.3. The van der Waals surface area contributed by atoms with Gasteiger partial charge in [0.15, 0.2) is 6.10 Å². The van der Waals surface area contributed by atoms with Crippen molar-refractivity contribution < 1.29 is 22.7 Å². The maximum Gasteiger partial charge on any atom is 0.418 e. The smallest absolute Gasteiger partial charge is 0.379 e. The Labute approximate surface area is 90.1 Å². The van der Waals surface area contributed by atoms with E-state index in [1.54, 1.807) is 14.1 Å². The molecule has 0 unspecified atom stereocenters. The third-order valence-electron chi connectivity index (χ3n) is 2.08. The van der Waals surface area contributed by atoms with Crippen molar-refractivity contribution in [3.8, 4) is 0 Å². The molecule has 1 rings (SSSR count). The van der Waals surface area contributed by atoms with Gasteiger partial charge < -0.3 is 10.0 Å².